The molecule has 1 aliphatic rings. The highest BCUT2D eigenvalue weighted by Gasteiger charge is 2.28. The van der Waals surface area contributed by atoms with Crippen molar-refractivity contribution in [1.29, 1.82) is 0 Å². The lowest BCUT2D eigenvalue weighted by molar-refractivity contribution is -0.124. The smallest absolute Gasteiger partial charge is 0.136 e. The van der Waals surface area contributed by atoms with Gasteiger partial charge in [-0.25, -0.2) is 0 Å². The molecular weight excluding hydrogens is 176 g/mol. The predicted octanol–water partition coefficient (Wildman–Crippen LogP) is 2.69. The van der Waals surface area contributed by atoms with Crippen LogP contribution in [0.2, 0.25) is 0 Å². The molecule has 0 saturated heterocycles. The van der Waals surface area contributed by atoms with E-state index in [2.05, 4.69) is 0 Å². The fourth-order valence-electron chi connectivity index (χ4n) is 2.12. The van der Waals surface area contributed by atoms with E-state index >= 15 is 0 Å². The first-order chi connectivity index (χ1) is 6.55. The van der Waals surface area contributed by atoms with Gasteiger partial charge in [-0.2, -0.15) is 0 Å². The summed E-state index contributed by atoms with van der Waals surface area (Å²) in [6.07, 6.45) is 6.47. The molecule has 1 N–H and O–H groups in total. The van der Waals surface area contributed by atoms with Crippen LogP contribution >= 0.6 is 0 Å². The van der Waals surface area contributed by atoms with Crippen LogP contribution in [-0.2, 0) is 4.79 Å². The van der Waals surface area contributed by atoms with Crippen LogP contribution in [0.3, 0.4) is 0 Å². The van der Waals surface area contributed by atoms with Crippen LogP contribution in [0.15, 0.2) is 0 Å². The molecule has 0 heterocycles. The number of rotatable bonds is 3. The molecule has 0 aromatic carbocycles. The summed E-state index contributed by atoms with van der Waals surface area (Å²) in [7, 11) is 0. The summed E-state index contributed by atoms with van der Waals surface area (Å²) in [5.41, 5.74) is -0.648. The first-order valence-corrected chi connectivity index (χ1v) is 5.80. The Morgan fingerprint density at radius 1 is 1.43 bits per heavy atom. The lowest BCUT2D eigenvalue weighted by atomic mass is 9.85. The van der Waals surface area contributed by atoms with Crippen LogP contribution in [0.25, 0.3) is 0 Å². The van der Waals surface area contributed by atoms with Gasteiger partial charge in [-0.3, -0.25) is 4.79 Å². The Labute approximate surface area is 86.7 Å². The van der Waals surface area contributed by atoms with Crippen LogP contribution in [0, 0.1) is 5.92 Å². The molecule has 2 unspecified atom stereocenters. The molecule has 0 aromatic heterocycles. The molecule has 0 bridgehead atoms. The summed E-state index contributed by atoms with van der Waals surface area (Å²) in [5, 5.41) is 9.93. The average Bonchev–Trinajstić information content (AvgIpc) is 2.32. The third-order valence-electron chi connectivity index (χ3n) is 3.38. The predicted molar refractivity (Wildman–Crippen MR) is 57.1 cm³/mol. The Kier molecular flexibility index (Phi) is 4.11. The average molecular weight is 198 g/mol. The maximum atomic E-state index is 11.7. The molecular formula is C12H22O2. The second-order valence-corrected chi connectivity index (χ2v) is 4.82. The summed E-state index contributed by atoms with van der Waals surface area (Å²) >= 11 is 0. The van der Waals surface area contributed by atoms with Crippen LogP contribution in [0.5, 0.6) is 0 Å². The highest BCUT2D eigenvalue weighted by molar-refractivity contribution is 5.81. The summed E-state index contributed by atoms with van der Waals surface area (Å²) in [6.45, 7) is 3.81. The zero-order valence-corrected chi connectivity index (χ0v) is 9.38. The SMILES string of the molecule is CCC(C)(O)CC1CCCCCC1=O. The summed E-state index contributed by atoms with van der Waals surface area (Å²) in [6, 6.07) is 0. The highest BCUT2D eigenvalue weighted by Crippen LogP contribution is 2.28. The maximum absolute atomic E-state index is 11.7. The van der Waals surface area contributed by atoms with Crippen LogP contribution in [0.4, 0.5) is 0 Å². The van der Waals surface area contributed by atoms with Gasteiger partial charge in [0.05, 0.1) is 5.60 Å². The Balaban J connectivity index is 2.52. The second kappa shape index (κ2) is 4.92. The molecule has 14 heavy (non-hydrogen) atoms. The summed E-state index contributed by atoms with van der Waals surface area (Å²) < 4.78 is 0. The van der Waals surface area contributed by atoms with E-state index in [1.54, 1.807) is 0 Å². The van der Waals surface area contributed by atoms with E-state index in [-0.39, 0.29) is 5.92 Å². The third kappa shape index (κ3) is 3.41. The van der Waals surface area contributed by atoms with E-state index in [1.165, 1.54) is 6.42 Å². The van der Waals surface area contributed by atoms with Crippen molar-refractivity contribution in [1.82, 2.24) is 0 Å². The van der Waals surface area contributed by atoms with Gasteiger partial charge in [0.1, 0.15) is 5.78 Å². The minimum Gasteiger partial charge on any atom is -0.390 e. The van der Waals surface area contributed by atoms with Gasteiger partial charge in [0, 0.05) is 12.3 Å². The number of hydrogen-bond acceptors (Lipinski definition) is 2. The van der Waals surface area contributed by atoms with Crippen molar-refractivity contribution in [2.24, 2.45) is 5.92 Å². The van der Waals surface area contributed by atoms with E-state index in [0.717, 1.165) is 32.1 Å². The monoisotopic (exact) mass is 198 g/mol. The zero-order valence-electron chi connectivity index (χ0n) is 9.38. The molecule has 0 aromatic rings. The minimum absolute atomic E-state index is 0.118. The second-order valence-electron chi connectivity index (χ2n) is 4.82. The van der Waals surface area contributed by atoms with Gasteiger partial charge in [0.2, 0.25) is 0 Å². The van der Waals surface area contributed by atoms with Gasteiger partial charge >= 0.3 is 0 Å². The molecule has 2 nitrogen and oxygen atoms in total. The summed E-state index contributed by atoms with van der Waals surface area (Å²) in [4.78, 5) is 11.7. The maximum Gasteiger partial charge on any atom is 0.136 e. The zero-order chi connectivity index (χ0) is 10.6. The van der Waals surface area contributed by atoms with Gasteiger partial charge in [0.15, 0.2) is 0 Å². The molecule has 1 aliphatic carbocycles. The number of Topliss-reactive ketones (excluding diaryl/α,β-unsaturated/α-hetero) is 1. The van der Waals surface area contributed by atoms with Crippen molar-refractivity contribution in [2.45, 2.75) is 64.4 Å². The third-order valence-corrected chi connectivity index (χ3v) is 3.38. The minimum atomic E-state index is -0.648. The lowest BCUT2D eigenvalue weighted by Crippen LogP contribution is -2.29. The molecule has 2 heteroatoms. The highest BCUT2D eigenvalue weighted by atomic mass is 16.3. The number of hydrogen-bond donors (Lipinski definition) is 1. The molecule has 0 aliphatic heterocycles. The van der Waals surface area contributed by atoms with Crippen molar-refractivity contribution in [2.75, 3.05) is 0 Å². The lowest BCUT2D eigenvalue weighted by Gasteiger charge is -2.25. The fourth-order valence-corrected chi connectivity index (χ4v) is 2.12. The van der Waals surface area contributed by atoms with E-state index in [4.69, 9.17) is 0 Å². The standard InChI is InChI=1S/C12H22O2/c1-3-12(2,14)9-10-7-5-4-6-8-11(10)13/h10,14H,3-9H2,1-2H3. The van der Waals surface area contributed by atoms with Crippen LogP contribution < -0.4 is 0 Å². The fraction of sp³-hybridized carbons (Fsp3) is 0.917. The van der Waals surface area contributed by atoms with Gasteiger partial charge in [0.25, 0.3) is 0 Å². The van der Waals surface area contributed by atoms with Crippen molar-refractivity contribution < 1.29 is 9.90 Å². The molecule has 2 atom stereocenters. The van der Waals surface area contributed by atoms with Crippen molar-refractivity contribution >= 4 is 5.78 Å². The first-order valence-electron chi connectivity index (χ1n) is 5.80. The number of carbonyl (C=O) groups is 1. The topological polar surface area (TPSA) is 37.3 Å². The molecule has 1 rings (SSSR count). The molecule has 1 fully saturated rings. The molecule has 1 saturated carbocycles. The van der Waals surface area contributed by atoms with E-state index in [1.807, 2.05) is 13.8 Å². The number of ketones is 1. The van der Waals surface area contributed by atoms with E-state index < -0.39 is 5.60 Å². The van der Waals surface area contributed by atoms with Crippen molar-refractivity contribution in [3.05, 3.63) is 0 Å². The van der Waals surface area contributed by atoms with E-state index in [0.29, 0.717) is 12.2 Å². The Hall–Kier alpha value is -0.370. The first kappa shape index (κ1) is 11.7. The molecule has 0 amide bonds. The Morgan fingerprint density at radius 3 is 2.79 bits per heavy atom. The molecule has 82 valence electrons. The van der Waals surface area contributed by atoms with Gasteiger partial charge < -0.3 is 5.11 Å². The normalized spacial score (nSPS) is 28.2. The summed E-state index contributed by atoms with van der Waals surface area (Å²) in [5.74, 6) is 0.490. The molecule has 0 radical (unpaired) electrons. The van der Waals surface area contributed by atoms with Gasteiger partial charge in [-0.1, -0.05) is 19.8 Å². The van der Waals surface area contributed by atoms with Crippen LogP contribution in [-0.4, -0.2) is 16.5 Å². The largest absolute Gasteiger partial charge is 0.390 e. The van der Waals surface area contributed by atoms with Crippen molar-refractivity contribution in [3.8, 4) is 0 Å². The Bertz CT molecular complexity index is 196. The quantitative estimate of drug-likeness (QED) is 0.708. The van der Waals surface area contributed by atoms with Gasteiger partial charge in [-0.05, 0) is 32.6 Å². The number of aliphatic hydroxyl groups is 1. The van der Waals surface area contributed by atoms with Gasteiger partial charge in [-0.15, -0.1) is 0 Å². The Morgan fingerprint density at radius 2 is 2.14 bits per heavy atom. The molecule has 0 spiro atoms. The van der Waals surface area contributed by atoms with E-state index in [9.17, 15) is 9.90 Å². The van der Waals surface area contributed by atoms with Crippen LogP contribution in [0.1, 0.15) is 58.8 Å². The van der Waals surface area contributed by atoms with Crippen molar-refractivity contribution in [3.63, 3.8) is 0 Å². The number of carbonyl (C=O) groups excluding carboxylic acids is 1.